The van der Waals surface area contributed by atoms with Crippen LogP contribution in [0.2, 0.25) is 0 Å². The lowest BCUT2D eigenvalue weighted by Gasteiger charge is -2.37. The molecule has 1 fully saturated rings. The SMILES string of the molecule is CCN(c1cccc(C#N)c1)C1CCC(N)CC1. The van der Waals surface area contributed by atoms with Crippen molar-refractivity contribution in [2.45, 2.75) is 44.7 Å². The molecule has 1 aliphatic carbocycles. The van der Waals surface area contributed by atoms with E-state index in [4.69, 9.17) is 11.0 Å². The Hall–Kier alpha value is -1.53. The number of anilines is 1. The highest BCUT2D eigenvalue weighted by Crippen LogP contribution is 2.27. The van der Waals surface area contributed by atoms with E-state index in [1.165, 1.54) is 0 Å². The highest BCUT2D eigenvalue weighted by molar-refractivity contribution is 5.52. The first-order valence-corrected chi connectivity index (χ1v) is 6.77. The van der Waals surface area contributed by atoms with Gasteiger partial charge in [0.15, 0.2) is 0 Å². The van der Waals surface area contributed by atoms with Gasteiger partial charge in [-0.2, -0.15) is 5.26 Å². The van der Waals surface area contributed by atoms with E-state index in [-0.39, 0.29) is 0 Å². The number of nitrogens with zero attached hydrogens (tertiary/aromatic N) is 2. The molecule has 0 saturated heterocycles. The van der Waals surface area contributed by atoms with Crippen molar-refractivity contribution in [2.24, 2.45) is 5.73 Å². The van der Waals surface area contributed by atoms with Crippen LogP contribution >= 0.6 is 0 Å². The molecule has 3 heteroatoms. The van der Waals surface area contributed by atoms with Crippen LogP contribution in [0.1, 0.15) is 38.2 Å². The highest BCUT2D eigenvalue weighted by atomic mass is 15.2. The van der Waals surface area contributed by atoms with E-state index < -0.39 is 0 Å². The highest BCUT2D eigenvalue weighted by Gasteiger charge is 2.23. The minimum Gasteiger partial charge on any atom is -0.369 e. The Morgan fingerprint density at radius 2 is 2.06 bits per heavy atom. The zero-order valence-corrected chi connectivity index (χ0v) is 11.0. The van der Waals surface area contributed by atoms with E-state index in [0.717, 1.165) is 43.5 Å². The molecule has 0 aliphatic heterocycles. The van der Waals surface area contributed by atoms with Crippen molar-refractivity contribution in [1.82, 2.24) is 0 Å². The summed E-state index contributed by atoms with van der Waals surface area (Å²) in [5.41, 5.74) is 7.86. The summed E-state index contributed by atoms with van der Waals surface area (Å²) in [5.74, 6) is 0. The Labute approximate surface area is 109 Å². The van der Waals surface area contributed by atoms with E-state index in [1.54, 1.807) is 0 Å². The van der Waals surface area contributed by atoms with Crippen LogP contribution in [0.4, 0.5) is 5.69 Å². The van der Waals surface area contributed by atoms with Gasteiger partial charge in [0.05, 0.1) is 11.6 Å². The molecule has 0 amide bonds. The second kappa shape index (κ2) is 5.88. The topological polar surface area (TPSA) is 53.0 Å². The van der Waals surface area contributed by atoms with Gasteiger partial charge in [-0.3, -0.25) is 0 Å². The largest absolute Gasteiger partial charge is 0.369 e. The fraction of sp³-hybridized carbons (Fsp3) is 0.533. The summed E-state index contributed by atoms with van der Waals surface area (Å²) in [6.07, 6.45) is 4.54. The molecule has 3 nitrogen and oxygen atoms in total. The quantitative estimate of drug-likeness (QED) is 0.888. The Kier molecular flexibility index (Phi) is 4.22. The number of hydrogen-bond donors (Lipinski definition) is 1. The van der Waals surface area contributed by atoms with Gasteiger partial charge in [0.1, 0.15) is 0 Å². The molecular weight excluding hydrogens is 222 g/mol. The first kappa shape index (κ1) is 12.9. The van der Waals surface area contributed by atoms with Gasteiger partial charge in [0, 0.05) is 24.3 Å². The second-order valence-electron chi connectivity index (χ2n) is 5.02. The van der Waals surface area contributed by atoms with Gasteiger partial charge in [0.2, 0.25) is 0 Å². The molecule has 1 aromatic rings. The van der Waals surface area contributed by atoms with Crippen LogP contribution in [0.5, 0.6) is 0 Å². The molecule has 18 heavy (non-hydrogen) atoms. The Bertz CT molecular complexity index is 428. The zero-order chi connectivity index (χ0) is 13.0. The smallest absolute Gasteiger partial charge is 0.0992 e. The van der Waals surface area contributed by atoms with Crippen LogP contribution in [-0.4, -0.2) is 18.6 Å². The molecule has 2 N–H and O–H groups in total. The van der Waals surface area contributed by atoms with Crippen LogP contribution in [0.3, 0.4) is 0 Å². The second-order valence-corrected chi connectivity index (χ2v) is 5.02. The molecule has 0 heterocycles. The van der Waals surface area contributed by atoms with Crippen LogP contribution in [0.25, 0.3) is 0 Å². The third-order valence-corrected chi connectivity index (χ3v) is 3.83. The Morgan fingerprint density at radius 3 is 2.67 bits per heavy atom. The lowest BCUT2D eigenvalue weighted by Crippen LogP contribution is -2.40. The summed E-state index contributed by atoms with van der Waals surface area (Å²) < 4.78 is 0. The van der Waals surface area contributed by atoms with Crippen LogP contribution < -0.4 is 10.6 Å². The van der Waals surface area contributed by atoms with Gasteiger partial charge in [-0.25, -0.2) is 0 Å². The van der Waals surface area contributed by atoms with E-state index >= 15 is 0 Å². The Morgan fingerprint density at radius 1 is 1.33 bits per heavy atom. The third-order valence-electron chi connectivity index (χ3n) is 3.83. The first-order chi connectivity index (χ1) is 8.74. The standard InChI is InChI=1S/C15H21N3/c1-2-18(14-8-6-13(17)7-9-14)15-5-3-4-12(10-15)11-16/h3-5,10,13-14H,2,6-9,17H2,1H3. The maximum atomic E-state index is 8.98. The van der Waals surface area contributed by atoms with E-state index in [1.807, 2.05) is 18.2 Å². The zero-order valence-electron chi connectivity index (χ0n) is 11.0. The van der Waals surface area contributed by atoms with Crippen LogP contribution in [-0.2, 0) is 0 Å². The molecule has 0 unspecified atom stereocenters. The van der Waals surface area contributed by atoms with Crippen molar-refractivity contribution in [3.05, 3.63) is 29.8 Å². The molecule has 1 saturated carbocycles. The minimum atomic E-state index is 0.380. The van der Waals surface area contributed by atoms with Gasteiger partial charge in [-0.15, -0.1) is 0 Å². The van der Waals surface area contributed by atoms with Crippen molar-refractivity contribution in [3.8, 4) is 6.07 Å². The molecular formula is C15H21N3. The van der Waals surface area contributed by atoms with Gasteiger partial charge in [0.25, 0.3) is 0 Å². The summed E-state index contributed by atoms with van der Waals surface area (Å²) in [6, 6.07) is 11.1. The summed E-state index contributed by atoms with van der Waals surface area (Å²) in [6.45, 7) is 3.16. The molecule has 1 aliphatic rings. The van der Waals surface area contributed by atoms with Crippen molar-refractivity contribution in [2.75, 3.05) is 11.4 Å². The third kappa shape index (κ3) is 2.83. The summed E-state index contributed by atoms with van der Waals surface area (Å²) in [4.78, 5) is 2.41. The van der Waals surface area contributed by atoms with Gasteiger partial charge >= 0.3 is 0 Å². The maximum absolute atomic E-state index is 8.98. The van der Waals surface area contributed by atoms with E-state index in [2.05, 4.69) is 24.0 Å². The molecule has 1 aromatic carbocycles. The lowest BCUT2D eigenvalue weighted by molar-refractivity contribution is 0.378. The predicted octanol–water partition coefficient (Wildman–Crippen LogP) is 2.65. The lowest BCUT2D eigenvalue weighted by atomic mass is 9.90. The van der Waals surface area contributed by atoms with Crippen LogP contribution in [0, 0.1) is 11.3 Å². The average molecular weight is 243 g/mol. The van der Waals surface area contributed by atoms with Crippen LogP contribution in [0.15, 0.2) is 24.3 Å². The molecule has 0 aromatic heterocycles. The maximum Gasteiger partial charge on any atom is 0.0992 e. The molecule has 96 valence electrons. The first-order valence-electron chi connectivity index (χ1n) is 6.77. The van der Waals surface area contributed by atoms with Crippen molar-refractivity contribution in [3.63, 3.8) is 0 Å². The van der Waals surface area contributed by atoms with Crippen molar-refractivity contribution < 1.29 is 0 Å². The molecule has 0 spiro atoms. The van der Waals surface area contributed by atoms with Gasteiger partial charge < -0.3 is 10.6 Å². The summed E-state index contributed by atoms with van der Waals surface area (Å²) >= 11 is 0. The van der Waals surface area contributed by atoms with E-state index in [0.29, 0.717) is 12.1 Å². The molecule has 0 bridgehead atoms. The summed E-state index contributed by atoms with van der Waals surface area (Å²) in [5, 5.41) is 8.98. The monoisotopic (exact) mass is 243 g/mol. The number of nitriles is 1. The average Bonchev–Trinajstić information content (AvgIpc) is 2.42. The number of nitrogens with two attached hydrogens (primary N) is 1. The van der Waals surface area contributed by atoms with Crippen molar-refractivity contribution >= 4 is 5.69 Å². The fourth-order valence-electron chi connectivity index (χ4n) is 2.82. The number of benzene rings is 1. The molecule has 0 radical (unpaired) electrons. The predicted molar refractivity (Wildman–Crippen MR) is 74.4 cm³/mol. The number of hydrogen-bond acceptors (Lipinski definition) is 3. The minimum absolute atomic E-state index is 0.380. The molecule has 2 rings (SSSR count). The number of rotatable bonds is 3. The summed E-state index contributed by atoms with van der Waals surface area (Å²) in [7, 11) is 0. The molecule has 0 atom stereocenters. The van der Waals surface area contributed by atoms with Crippen molar-refractivity contribution in [1.29, 1.82) is 5.26 Å². The normalized spacial score (nSPS) is 23.4. The van der Waals surface area contributed by atoms with Gasteiger partial charge in [-0.1, -0.05) is 6.07 Å². The van der Waals surface area contributed by atoms with E-state index in [9.17, 15) is 0 Å². The fourth-order valence-corrected chi connectivity index (χ4v) is 2.82. The van der Waals surface area contributed by atoms with Gasteiger partial charge in [-0.05, 0) is 50.8 Å². The Balaban J connectivity index is 2.15.